The molecule has 0 spiro atoms. The van der Waals surface area contributed by atoms with Gasteiger partial charge in [-0.2, -0.15) is 0 Å². The number of benzene rings is 1. The Morgan fingerprint density at radius 2 is 1.90 bits per heavy atom. The normalized spacial score (nSPS) is 25.8. The van der Waals surface area contributed by atoms with Crippen LogP contribution in [0.5, 0.6) is 0 Å². The molecule has 0 radical (unpaired) electrons. The molecule has 3 rings (SSSR count). The maximum atomic E-state index is 5.70. The van der Waals surface area contributed by atoms with Crippen molar-refractivity contribution in [3.63, 3.8) is 0 Å². The van der Waals surface area contributed by atoms with Gasteiger partial charge in [0.1, 0.15) is 0 Å². The number of halogens is 1. The second-order valence-electron chi connectivity index (χ2n) is 6.43. The van der Waals surface area contributed by atoms with Crippen LogP contribution in [0.3, 0.4) is 0 Å². The van der Waals surface area contributed by atoms with E-state index in [-0.39, 0.29) is 0 Å². The van der Waals surface area contributed by atoms with E-state index >= 15 is 0 Å². The first-order valence-corrected chi connectivity index (χ1v) is 9.07. The van der Waals surface area contributed by atoms with Crippen LogP contribution in [0, 0.1) is 0 Å². The smallest absolute Gasteiger partial charge is 0.0351 e. The van der Waals surface area contributed by atoms with Gasteiger partial charge in [0.15, 0.2) is 0 Å². The molecule has 0 aromatic heterocycles. The van der Waals surface area contributed by atoms with Gasteiger partial charge in [-0.3, -0.25) is 4.90 Å². The Hall–Kier alpha value is -0.730. The molecule has 2 fully saturated rings. The number of anilines is 1. The molecule has 2 heterocycles. The maximum Gasteiger partial charge on any atom is 0.0351 e. The van der Waals surface area contributed by atoms with Crippen LogP contribution in [0.1, 0.15) is 56.6 Å². The van der Waals surface area contributed by atoms with Crippen molar-refractivity contribution in [3.8, 4) is 0 Å². The van der Waals surface area contributed by atoms with Crippen molar-refractivity contribution in [2.75, 3.05) is 24.3 Å². The van der Waals surface area contributed by atoms with Crippen molar-refractivity contribution in [2.24, 2.45) is 0 Å². The molecule has 0 unspecified atom stereocenters. The fourth-order valence-corrected chi connectivity index (χ4v) is 4.08. The van der Waals surface area contributed by atoms with E-state index in [4.69, 9.17) is 11.6 Å². The summed E-state index contributed by atoms with van der Waals surface area (Å²) < 4.78 is 0. The third-order valence-corrected chi connectivity index (χ3v) is 5.30. The van der Waals surface area contributed by atoms with E-state index in [9.17, 15) is 0 Å². The van der Waals surface area contributed by atoms with Gasteiger partial charge in [-0.05, 0) is 62.8 Å². The number of fused-ring (bicyclic) bond motifs is 1. The molecule has 0 amide bonds. The minimum absolute atomic E-state index is 0.667. The molecule has 2 aliphatic heterocycles. The number of hydrogen-bond donors (Lipinski definition) is 1. The maximum absolute atomic E-state index is 5.70. The first-order valence-electron chi connectivity index (χ1n) is 8.54. The highest BCUT2D eigenvalue weighted by Crippen LogP contribution is 2.40. The van der Waals surface area contributed by atoms with Crippen molar-refractivity contribution >= 4 is 17.3 Å². The second kappa shape index (κ2) is 7.51. The van der Waals surface area contributed by atoms with Crippen LogP contribution in [0.4, 0.5) is 5.69 Å². The summed E-state index contributed by atoms with van der Waals surface area (Å²) in [6.45, 7) is 2.32. The number of rotatable bonds is 6. The summed E-state index contributed by atoms with van der Waals surface area (Å²) in [7, 11) is 0. The van der Waals surface area contributed by atoms with Crippen molar-refractivity contribution in [3.05, 3.63) is 29.8 Å². The standard InChI is InChI=1S/C18H27ClN2/c19-12-2-3-13-20-16-8-6-15(7-9-16)18-11-10-17-5-1-4-14-21(17)18/h6-9,17-18,20H,1-5,10-14H2/t17-,18-/m1/s1. The summed E-state index contributed by atoms with van der Waals surface area (Å²) in [6, 6.07) is 10.7. The predicted octanol–water partition coefficient (Wildman–Crippen LogP) is 4.81. The molecule has 3 heteroatoms. The Labute approximate surface area is 133 Å². The van der Waals surface area contributed by atoms with E-state index in [0.717, 1.165) is 31.3 Å². The fraction of sp³-hybridized carbons (Fsp3) is 0.667. The topological polar surface area (TPSA) is 15.3 Å². The summed E-state index contributed by atoms with van der Waals surface area (Å²) in [5, 5.41) is 3.48. The van der Waals surface area contributed by atoms with Gasteiger partial charge in [-0.1, -0.05) is 18.6 Å². The zero-order valence-corrected chi connectivity index (χ0v) is 13.6. The lowest BCUT2D eigenvalue weighted by atomic mass is 10.0. The van der Waals surface area contributed by atoms with Crippen LogP contribution in [-0.2, 0) is 0 Å². The van der Waals surface area contributed by atoms with E-state index in [2.05, 4.69) is 34.5 Å². The second-order valence-corrected chi connectivity index (χ2v) is 6.80. The third kappa shape index (κ3) is 3.73. The Morgan fingerprint density at radius 3 is 2.71 bits per heavy atom. The minimum atomic E-state index is 0.667. The summed E-state index contributed by atoms with van der Waals surface area (Å²) in [5.41, 5.74) is 2.74. The quantitative estimate of drug-likeness (QED) is 0.599. The molecular weight excluding hydrogens is 280 g/mol. The summed E-state index contributed by atoms with van der Waals surface area (Å²) in [6.07, 6.45) is 9.19. The molecule has 2 atom stereocenters. The highest BCUT2D eigenvalue weighted by atomic mass is 35.5. The molecule has 0 aliphatic carbocycles. The van der Waals surface area contributed by atoms with E-state index in [1.165, 1.54) is 49.9 Å². The van der Waals surface area contributed by atoms with Gasteiger partial charge in [-0.25, -0.2) is 0 Å². The Balaban J connectivity index is 1.56. The van der Waals surface area contributed by atoms with Crippen molar-refractivity contribution in [1.82, 2.24) is 4.90 Å². The highest BCUT2D eigenvalue weighted by Gasteiger charge is 2.35. The van der Waals surface area contributed by atoms with Crippen molar-refractivity contribution < 1.29 is 0 Å². The zero-order chi connectivity index (χ0) is 14.5. The van der Waals surface area contributed by atoms with Crippen LogP contribution >= 0.6 is 11.6 Å². The summed E-state index contributed by atoms with van der Waals surface area (Å²) in [4.78, 5) is 2.76. The van der Waals surface area contributed by atoms with Gasteiger partial charge in [0.05, 0.1) is 0 Å². The minimum Gasteiger partial charge on any atom is -0.385 e. The Bertz CT molecular complexity index is 431. The van der Waals surface area contributed by atoms with Crippen molar-refractivity contribution in [2.45, 2.75) is 57.0 Å². The Morgan fingerprint density at radius 1 is 1.05 bits per heavy atom. The van der Waals surface area contributed by atoms with Gasteiger partial charge in [0.25, 0.3) is 0 Å². The number of piperidine rings is 1. The lowest BCUT2D eigenvalue weighted by Gasteiger charge is -2.34. The van der Waals surface area contributed by atoms with Crippen LogP contribution in [0.15, 0.2) is 24.3 Å². The zero-order valence-electron chi connectivity index (χ0n) is 12.9. The van der Waals surface area contributed by atoms with Crippen molar-refractivity contribution in [1.29, 1.82) is 0 Å². The van der Waals surface area contributed by atoms with Crippen LogP contribution in [-0.4, -0.2) is 29.9 Å². The number of alkyl halides is 1. The largest absolute Gasteiger partial charge is 0.385 e. The average molecular weight is 307 g/mol. The molecule has 1 aromatic carbocycles. The molecule has 1 aromatic rings. The molecule has 2 saturated heterocycles. The van der Waals surface area contributed by atoms with Gasteiger partial charge in [0, 0.05) is 30.2 Å². The van der Waals surface area contributed by atoms with Gasteiger partial charge < -0.3 is 5.32 Å². The first kappa shape index (κ1) is 15.2. The van der Waals surface area contributed by atoms with Crippen LogP contribution in [0.25, 0.3) is 0 Å². The number of nitrogens with zero attached hydrogens (tertiary/aromatic N) is 1. The van der Waals surface area contributed by atoms with Crippen LogP contribution in [0.2, 0.25) is 0 Å². The van der Waals surface area contributed by atoms with E-state index in [1.54, 1.807) is 0 Å². The summed E-state index contributed by atoms with van der Waals surface area (Å²) in [5.74, 6) is 0.763. The van der Waals surface area contributed by atoms with E-state index in [1.807, 2.05) is 0 Å². The lowest BCUT2D eigenvalue weighted by Crippen LogP contribution is -2.35. The molecule has 21 heavy (non-hydrogen) atoms. The Kier molecular flexibility index (Phi) is 5.43. The van der Waals surface area contributed by atoms with Gasteiger partial charge >= 0.3 is 0 Å². The fourth-order valence-electron chi connectivity index (χ4n) is 3.89. The first-order chi connectivity index (χ1) is 10.4. The predicted molar refractivity (Wildman–Crippen MR) is 91.2 cm³/mol. The lowest BCUT2D eigenvalue weighted by molar-refractivity contribution is 0.150. The van der Waals surface area contributed by atoms with Gasteiger partial charge in [-0.15, -0.1) is 11.6 Å². The highest BCUT2D eigenvalue weighted by molar-refractivity contribution is 6.17. The number of unbranched alkanes of at least 4 members (excludes halogenated alkanes) is 1. The van der Waals surface area contributed by atoms with E-state index < -0.39 is 0 Å². The number of hydrogen-bond acceptors (Lipinski definition) is 2. The average Bonchev–Trinajstić information content (AvgIpc) is 2.96. The number of nitrogens with one attached hydrogen (secondary N) is 1. The monoisotopic (exact) mass is 306 g/mol. The SMILES string of the molecule is ClCCCCNc1ccc([C@H]2CC[C@H]3CCCCN32)cc1. The molecule has 0 bridgehead atoms. The van der Waals surface area contributed by atoms with Crippen LogP contribution < -0.4 is 5.32 Å². The van der Waals surface area contributed by atoms with Gasteiger partial charge in [0.2, 0.25) is 0 Å². The van der Waals surface area contributed by atoms with E-state index in [0.29, 0.717) is 6.04 Å². The summed E-state index contributed by atoms with van der Waals surface area (Å²) >= 11 is 5.70. The molecule has 1 N–H and O–H groups in total. The molecule has 116 valence electrons. The molecule has 2 aliphatic rings. The molecule has 0 saturated carbocycles. The molecule has 2 nitrogen and oxygen atoms in total. The third-order valence-electron chi connectivity index (χ3n) is 5.03. The molecular formula is C18H27ClN2.